The van der Waals surface area contributed by atoms with E-state index in [1.807, 2.05) is 77.6 Å². The molecule has 0 bridgehead atoms. The van der Waals surface area contributed by atoms with Gasteiger partial charge < -0.3 is 9.52 Å². The van der Waals surface area contributed by atoms with Crippen LogP contribution in [0.5, 0.6) is 0 Å². The van der Waals surface area contributed by atoms with Gasteiger partial charge in [0.25, 0.3) is 0 Å². The molecule has 3 heterocycles. The van der Waals surface area contributed by atoms with Crippen LogP contribution in [0.3, 0.4) is 0 Å². The number of hydrogen-bond donors (Lipinski definition) is 1. The lowest BCUT2D eigenvalue weighted by Crippen LogP contribution is -2.27. The molecular formula is C27H24N4O4. The van der Waals surface area contributed by atoms with Crippen molar-refractivity contribution < 1.29 is 19.1 Å². The van der Waals surface area contributed by atoms with E-state index in [0.29, 0.717) is 17.9 Å². The van der Waals surface area contributed by atoms with Crippen molar-refractivity contribution in [3.63, 3.8) is 0 Å². The molecule has 4 aromatic rings. The van der Waals surface area contributed by atoms with Crippen LogP contribution in [-0.2, 0) is 9.59 Å². The molecule has 0 saturated carbocycles. The summed E-state index contributed by atoms with van der Waals surface area (Å²) in [7, 11) is 0. The second-order valence-corrected chi connectivity index (χ2v) is 8.31. The summed E-state index contributed by atoms with van der Waals surface area (Å²) in [6, 6.07) is 22.8. The average Bonchev–Trinajstić information content (AvgIpc) is 3.64. The summed E-state index contributed by atoms with van der Waals surface area (Å²) in [4.78, 5) is 24.2. The van der Waals surface area contributed by atoms with Gasteiger partial charge >= 0.3 is 5.97 Å². The maximum absolute atomic E-state index is 13.2. The molecule has 35 heavy (non-hydrogen) atoms. The molecule has 0 saturated heterocycles. The van der Waals surface area contributed by atoms with E-state index in [1.54, 1.807) is 12.3 Å². The molecule has 0 aliphatic carbocycles. The summed E-state index contributed by atoms with van der Waals surface area (Å²) >= 11 is 0. The molecule has 0 fully saturated rings. The first kappa shape index (κ1) is 22.3. The number of carboxylic acids is 1. The van der Waals surface area contributed by atoms with Crippen LogP contribution in [0.1, 0.15) is 43.0 Å². The third kappa shape index (κ3) is 4.77. The Morgan fingerprint density at radius 2 is 1.71 bits per heavy atom. The van der Waals surface area contributed by atoms with E-state index in [2.05, 4.69) is 5.10 Å². The van der Waals surface area contributed by atoms with E-state index in [-0.39, 0.29) is 25.2 Å². The molecule has 176 valence electrons. The molecule has 1 aliphatic heterocycles. The van der Waals surface area contributed by atoms with Gasteiger partial charge in [-0.15, -0.1) is 0 Å². The molecule has 0 radical (unpaired) electrons. The van der Waals surface area contributed by atoms with E-state index >= 15 is 0 Å². The van der Waals surface area contributed by atoms with Gasteiger partial charge in [-0.25, -0.2) is 9.69 Å². The van der Waals surface area contributed by atoms with Crippen LogP contribution in [0.25, 0.3) is 16.9 Å². The summed E-state index contributed by atoms with van der Waals surface area (Å²) in [5, 5.41) is 20.0. The van der Waals surface area contributed by atoms with Gasteiger partial charge in [-0.3, -0.25) is 9.59 Å². The maximum atomic E-state index is 13.2. The van der Waals surface area contributed by atoms with Gasteiger partial charge in [-0.1, -0.05) is 48.5 Å². The number of benzene rings is 2. The van der Waals surface area contributed by atoms with Crippen molar-refractivity contribution in [2.24, 2.45) is 5.10 Å². The number of carbonyl (C=O) groups is 2. The van der Waals surface area contributed by atoms with Gasteiger partial charge in [-0.05, 0) is 30.7 Å². The number of carbonyl (C=O) groups excluding carboxylic acids is 1. The Hall–Kier alpha value is -4.46. The van der Waals surface area contributed by atoms with Crippen LogP contribution in [0.4, 0.5) is 0 Å². The average molecular weight is 469 g/mol. The number of amides is 1. The zero-order valence-corrected chi connectivity index (χ0v) is 18.9. The van der Waals surface area contributed by atoms with Gasteiger partial charge in [-0.2, -0.15) is 10.2 Å². The van der Waals surface area contributed by atoms with Crippen LogP contribution in [0, 0.1) is 0 Å². The van der Waals surface area contributed by atoms with Crippen LogP contribution >= 0.6 is 0 Å². The van der Waals surface area contributed by atoms with Crippen molar-refractivity contribution in [1.29, 1.82) is 0 Å². The number of rotatable bonds is 8. The number of furan rings is 1. The summed E-state index contributed by atoms with van der Waals surface area (Å²) in [5.74, 6) is -0.553. The lowest BCUT2D eigenvalue weighted by molar-refractivity contribution is -0.137. The number of hydrogen-bond acceptors (Lipinski definition) is 5. The molecular weight excluding hydrogens is 444 g/mol. The SMILES string of the molecule is O=C(O)CCCC(=O)N1N=C(c2ccco2)CC1c1cn(-c2ccccc2)nc1-c1ccccc1. The largest absolute Gasteiger partial charge is 0.481 e. The normalized spacial score (nSPS) is 15.3. The maximum Gasteiger partial charge on any atom is 0.303 e. The summed E-state index contributed by atoms with van der Waals surface area (Å²) in [6.07, 6.45) is 4.25. The molecule has 5 rings (SSSR count). The van der Waals surface area contributed by atoms with Crippen LogP contribution in [0.2, 0.25) is 0 Å². The standard InChI is InChI=1S/C27H24N4O4/c32-25(14-7-15-26(33)34)31-23(17-22(28-31)24-13-8-16-35-24)21-18-30(20-11-5-2-6-12-20)29-27(21)19-9-3-1-4-10-19/h1-6,8-13,16,18,23H,7,14-15,17H2,(H,33,34). The van der Waals surface area contributed by atoms with Crippen LogP contribution in [-0.4, -0.2) is 37.5 Å². The third-order valence-electron chi connectivity index (χ3n) is 5.92. The minimum Gasteiger partial charge on any atom is -0.481 e. The van der Waals surface area contributed by atoms with Crippen LogP contribution < -0.4 is 0 Å². The molecule has 1 amide bonds. The van der Waals surface area contributed by atoms with Gasteiger partial charge in [0.2, 0.25) is 5.91 Å². The van der Waals surface area contributed by atoms with E-state index in [0.717, 1.165) is 22.5 Å². The van der Waals surface area contributed by atoms with Gasteiger partial charge in [0.15, 0.2) is 0 Å². The van der Waals surface area contributed by atoms with E-state index in [9.17, 15) is 9.59 Å². The smallest absolute Gasteiger partial charge is 0.303 e. The molecule has 1 unspecified atom stereocenters. The summed E-state index contributed by atoms with van der Waals surface area (Å²) in [5.41, 5.74) is 4.12. The quantitative estimate of drug-likeness (QED) is 0.389. The van der Waals surface area contributed by atoms with Gasteiger partial charge in [0, 0.05) is 36.6 Å². The Kier molecular flexibility index (Phi) is 6.26. The fourth-order valence-corrected chi connectivity index (χ4v) is 4.24. The highest BCUT2D eigenvalue weighted by Crippen LogP contribution is 2.38. The Morgan fingerprint density at radius 1 is 0.971 bits per heavy atom. The number of nitrogens with zero attached hydrogens (tertiary/aromatic N) is 4. The minimum atomic E-state index is -0.925. The molecule has 1 N–H and O–H groups in total. The lowest BCUT2D eigenvalue weighted by Gasteiger charge is -2.21. The van der Waals surface area contributed by atoms with Crippen molar-refractivity contribution in [2.75, 3.05) is 0 Å². The Morgan fingerprint density at radius 3 is 2.40 bits per heavy atom. The predicted octanol–water partition coefficient (Wildman–Crippen LogP) is 5.06. The summed E-state index contributed by atoms with van der Waals surface area (Å²) < 4.78 is 7.38. The van der Waals surface area contributed by atoms with Crippen molar-refractivity contribution in [1.82, 2.24) is 14.8 Å². The number of carboxylic acid groups (broad SMARTS) is 1. The molecule has 8 heteroatoms. The topological polar surface area (TPSA) is 101 Å². The first-order valence-corrected chi connectivity index (χ1v) is 11.5. The number of aromatic nitrogens is 2. The molecule has 0 spiro atoms. The van der Waals surface area contributed by atoms with Crippen LogP contribution in [0.15, 0.2) is 94.8 Å². The first-order chi connectivity index (χ1) is 17.1. The molecule has 8 nitrogen and oxygen atoms in total. The number of aliphatic carboxylic acids is 1. The first-order valence-electron chi connectivity index (χ1n) is 11.5. The zero-order chi connectivity index (χ0) is 24.2. The highest BCUT2D eigenvalue weighted by molar-refractivity contribution is 6.01. The monoisotopic (exact) mass is 468 g/mol. The zero-order valence-electron chi connectivity index (χ0n) is 18.9. The molecule has 1 atom stereocenters. The molecule has 1 aliphatic rings. The van der Waals surface area contributed by atoms with Crippen molar-refractivity contribution in [3.8, 4) is 16.9 Å². The summed E-state index contributed by atoms with van der Waals surface area (Å²) in [6.45, 7) is 0. The predicted molar refractivity (Wildman–Crippen MR) is 130 cm³/mol. The minimum absolute atomic E-state index is 0.0692. The number of hydrazone groups is 1. The Labute approximate surface area is 202 Å². The fraction of sp³-hybridized carbons (Fsp3) is 0.185. The van der Waals surface area contributed by atoms with Crippen molar-refractivity contribution >= 4 is 17.6 Å². The fourth-order valence-electron chi connectivity index (χ4n) is 4.24. The molecule has 2 aromatic carbocycles. The van der Waals surface area contributed by atoms with E-state index in [4.69, 9.17) is 14.6 Å². The van der Waals surface area contributed by atoms with E-state index in [1.165, 1.54) is 5.01 Å². The van der Waals surface area contributed by atoms with Crippen molar-refractivity contribution in [3.05, 3.63) is 96.6 Å². The Bertz CT molecular complexity index is 1340. The highest BCUT2D eigenvalue weighted by Gasteiger charge is 2.36. The third-order valence-corrected chi connectivity index (χ3v) is 5.92. The second kappa shape index (κ2) is 9.80. The lowest BCUT2D eigenvalue weighted by atomic mass is 9.98. The van der Waals surface area contributed by atoms with E-state index < -0.39 is 12.0 Å². The van der Waals surface area contributed by atoms with Crippen molar-refractivity contribution in [2.45, 2.75) is 31.7 Å². The highest BCUT2D eigenvalue weighted by atomic mass is 16.4. The number of para-hydroxylation sites is 1. The Balaban J connectivity index is 1.55. The second-order valence-electron chi connectivity index (χ2n) is 8.31. The van der Waals surface area contributed by atoms with Gasteiger partial charge in [0.05, 0.1) is 23.7 Å². The molecule has 2 aromatic heterocycles. The van der Waals surface area contributed by atoms with Gasteiger partial charge in [0.1, 0.15) is 11.5 Å².